The lowest BCUT2D eigenvalue weighted by Gasteiger charge is -2.37. The lowest BCUT2D eigenvalue weighted by atomic mass is 9.90. The molecule has 1 saturated heterocycles. The van der Waals surface area contributed by atoms with Crippen molar-refractivity contribution in [3.63, 3.8) is 0 Å². The fourth-order valence-electron chi connectivity index (χ4n) is 4.44. The standard InChI is InChI=1S/C23H26N2O4S/c1-15-6-7-20-16(12-15)13-21(30-20)23(27)25-10-8-24(9-11-25)22(26)19-14-28-17-4-2-3-5-18(17)29-19/h2-5,13,15,19H,6-12,14H2,1H3. The smallest absolute Gasteiger partial charge is 0.267 e. The number of aryl methyl sites for hydroxylation is 1. The van der Waals surface area contributed by atoms with Gasteiger partial charge in [0.25, 0.3) is 11.8 Å². The monoisotopic (exact) mass is 426 g/mol. The van der Waals surface area contributed by atoms with Crippen LogP contribution in [0.4, 0.5) is 0 Å². The molecule has 3 aliphatic rings. The van der Waals surface area contributed by atoms with E-state index >= 15 is 0 Å². The summed E-state index contributed by atoms with van der Waals surface area (Å²) in [6.45, 7) is 4.63. The number of carbonyl (C=O) groups excluding carboxylic acids is 2. The van der Waals surface area contributed by atoms with Crippen LogP contribution in [0, 0.1) is 5.92 Å². The maximum absolute atomic E-state index is 13.0. The van der Waals surface area contributed by atoms with Gasteiger partial charge in [0, 0.05) is 31.1 Å². The Bertz CT molecular complexity index is 964. The molecule has 2 atom stereocenters. The molecule has 1 aromatic heterocycles. The van der Waals surface area contributed by atoms with Crippen molar-refractivity contribution in [3.8, 4) is 11.5 Å². The molecule has 3 heterocycles. The Labute approximate surface area is 180 Å². The normalized spacial score (nSPS) is 23.1. The summed E-state index contributed by atoms with van der Waals surface area (Å²) in [5.41, 5.74) is 1.35. The van der Waals surface area contributed by atoms with Gasteiger partial charge in [-0.2, -0.15) is 0 Å². The molecule has 5 rings (SSSR count). The average Bonchev–Trinajstić information content (AvgIpc) is 3.21. The number of piperazine rings is 1. The maximum atomic E-state index is 13.0. The van der Waals surface area contributed by atoms with Crippen LogP contribution in [0.2, 0.25) is 0 Å². The van der Waals surface area contributed by atoms with Crippen molar-refractivity contribution < 1.29 is 19.1 Å². The molecule has 0 saturated carbocycles. The van der Waals surface area contributed by atoms with Crippen LogP contribution in [0.1, 0.15) is 33.5 Å². The van der Waals surface area contributed by atoms with E-state index in [1.807, 2.05) is 29.2 Å². The highest BCUT2D eigenvalue weighted by Gasteiger charge is 2.34. The largest absolute Gasteiger partial charge is 0.485 e. The Morgan fingerprint density at radius 2 is 1.80 bits per heavy atom. The van der Waals surface area contributed by atoms with Crippen LogP contribution in [-0.4, -0.2) is 60.5 Å². The van der Waals surface area contributed by atoms with E-state index < -0.39 is 6.10 Å². The van der Waals surface area contributed by atoms with E-state index in [4.69, 9.17) is 9.47 Å². The fraction of sp³-hybridized carbons (Fsp3) is 0.478. The minimum absolute atomic E-state index is 0.0721. The Morgan fingerprint density at radius 3 is 2.60 bits per heavy atom. The van der Waals surface area contributed by atoms with Gasteiger partial charge >= 0.3 is 0 Å². The number of hydrogen-bond acceptors (Lipinski definition) is 5. The molecule has 0 spiro atoms. The third-order valence-electron chi connectivity index (χ3n) is 6.20. The number of amides is 2. The van der Waals surface area contributed by atoms with Crippen molar-refractivity contribution in [1.82, 2.24) is 9.80 Å². The number of benzene rings is 1. The lowest BCUT2D eigenvalue weighted by molar-refractivity contribution is -0.142. The number of fused-ring (bicyclic) bond motifs is 2. The second-order valence-corrected chi connectivity index (χ2v) is 9.53. The minimum Gasteiger partial charge on any atom is -0.485 e. The van der Waals surface area contributed by atoms with E-state index in [2.05, 4.69) is 13.0 Å². The molecule has 1 aliphatic carbocycles. The molecule has 1 fully saturated rings. The molecule has 1 aromatic carbocycles. The molecule has 2 aliphatic heterocycles. The molecule has 0 bridgehead atoms. The van der Waals surface area contributed by atoms with Crippen molar-refractivity contribution in [1.29, 1.82) is 0 Å². The van der Waals surface area contributed by atoms with Crippen LogP contribution in [0.15, 0.2) is 30.3 Å². The predicted molar refractivity (Wildman–Crippen MR) is 114 cm³/mol. The summed E-state index contributed by atoms with van der Waals surface area (Å²) in [6, 6.07) is 9.49. The van der Waals surface area contributed by atoms with E-state index in [0.29, 0.717) is 43.6 Å². The van der Waals surface area contributed by atoms with E-state index in [9.17, 15) is 9.59 Å². The molecule has 30 heavy (non-hydrogen) atoms. The van der Waals surface area contributed by atoms with Gasteiger partial charge < -0.3 is 19.3 Å². The molecular weight excluding hydrogens is 400 g/mol. The van der Waals surface area contributed by atoms with E-state index in [0.717, 1.165) is 17.7 Å². The first-order valence-electron chi connectivity index (χ1n) is 10.7. The van der Waals surface area contributed by atoms with E-state index in [1.165, 1.54) is 16.9 Å². The first kappa shape index (κ1) is 19.4. The van der Waals surface area contributed by atoms with Gasteiger partial charge in [-0.3, -0.25) is 9.59 Å². The zero-order chi connectivity index (χ0) is 20.7. The highest BCUT2D eigenvalue weighted by atomic mass is 32.1. The van der Waals surface area contributed by atoms with Gasteiger partial charge in [-0.05, 0) is 48.9 Å². The van der Waals surface area contributed by atoms with Gasteiger partial charge in [0.15, 0.2) is 11.5 Å². The highest BCUT2D eigenvalue weighted by Crippen LogP contribution is 2.33. The first-order chi connectivity index (χ1) is 14.6. The minimum atomic E-state index is -0.631. The van der Waals surface area contributed by atoms with Gasteiger partial charge in [-0.1, -0.05) is 19.1 Å². The first-order valence-corrected chi connectivity index (χ1v) is 11.5. The Balaban J connectivity index is 1.18. The Morgan fingerprint density at radius 1 is 1.07 bits per heavy atom. The summed E-state index contributed by atoms with van der Waals surface area (Å²) in [5.74, 6) is 2.00. The fourth-order valence-corrected chi connectivity index (χ4v) is 5.62. The van der Waals surface area contributed by atoms with Gasteiger partial charge in [0.05, 0.1) is 4.88 Å². The Kier molecular flexibility index (Phi) is 5.15. The summed E-state index contributed by atoms with van der Waals surface area (Å²) in [5, 5.41) is 0. The van der Waals surface area contributed by atoms with Crippen molar-refractivity contribution in [2.24, 2.45) is 5.92 Å². The van der Waals surface area contributed by atoms with Gasteiger partial charge in [0.1, 0.15) is 6.61 Å². The number of nitrogens with zero attached hydrogens (tertiary/aromatic N) is 2. The van der Waals surface area contributed by atoms with Crippen molar-refractivity contribution in [2.45, 2.75) is 32.3 Å². The maximum Gasteiger partial charge on any atom is 0.267 e. The number of ether oxygens (including phenoxy) is 2. The Hall–Kier alpha value is -2.54. The van der Waals surface area contributed by atoms with Crippen LogP contribution in [0.3, 0.4) is 0 Å². The summed E-state index contributed by atoms with van der Waals surface area (Å²) in [6.07, 6.45) is 2.74. The number of para-hydroxylation sites is 2. The predicted octanol–water partition coefficient (Wildman–Crippen LogP) is 3.00. The molecule has 2 aromatic rings. The van der Waals surface area contributed by atoms with Crippen molar-refractivity contribution >= 4 is 23.2 Å². The van der Waals surface area contributed by atoms with Crippen LogP contribution in [0.5, 0.6) is 11.5 Å². The van der Waals surface area contributed by atoms with Gasteiger partial charge in [-0.25, -0.2) is 0 Å². The van der Waals surface area contributed by atoms with Gasteiger partial charge in [-0.15, -0.1) is 11.3 Å². The molecule has 158 valence electrons. The quantitative estimate of drug-likeness (QED) is 0.741. The number of carbonyl (C=O) groups is 2. The molecule has 0 radical (unpaired) electrons. The average molecular weight is 427 g/mol. The number of thiophene rings is 1. The van der Waals surface area contributed by atoms with Crippen molar-refractivity contribution in [3.05, 3.63) is 45.6 Å². The van der Waals surface area contributed by atoms with E-state index in [-0.39, 0.29) is 18.4 Å². The second-order valence-electron chi connectivity index (χ2n) is 8.39. The molecule has 6 nitrogen and oxygen atoms in total. The van der Waals surface area contributed by atoms with Crippen LogP contribution >= 0.6 is 11.3 Å². The third kappa shape index (κ3) is 3.67. The molecule has 0 N–H and O–H groups in total. The summed E-state index contributed by atoms with van der Waals surface area (Å²) in [7, 11) is 0. The zero-order valence-corrected chi connectivity index (χ0v) is 18.0. The topological polar surface area (TPSA) is 59.1 Å². The summed E-state index contributed by atoms with van der Waals surface area (Å²) < 4.78 is 11.5. The molecular formula is C23H26N2O4S. The molecule has 7 heteroatoms. The lowest BCUT2D eigenvalue weighted by Crippen LogP contribution is -2.55. The SMILES string of the molecule is CC1CCc2sc(C(=O)N3CCN(C(=O)C4COc5ccccc5O4)CC3)cc2C1. The third-order valence-corrected chi connectivity index (χ3v) is 7.43. The van der Waals surface area contributed by atoms with Crippen LogP contribution in [0.25, 0.3) is 0 Å². The van der Waals surface area contributed by atoms with Gasteiger partial charge in [0.2, 0.25) is 6.10 Å². The van der Waals surface area contributed by atoms with Crippen LogP contribution < -0.4 is 9.47 Å². The van der Waals surface area contributed by atoms with Crippen LogP contribution in [-0.2, 0) is 17.6 Å². The van der Waals surface area contributed by atoms with Crippen molar-refractivity contribution in [2.75, 3.05) is 32.8 Å². The number of rotatable bonds is 2. The highest BCUT2D eigenvalue weighted by molar-refractivity contribution is 7.14. The zero-order valence-electron chi connectivity index (χ0n) is 17.1. The summed E-state index contributed by atoms with van der Waals surface area (Å²) in [4.78, 5) is 31.8. The molecule has 2 amide bonds. The summed E-state index contributed by atoms with van der Waals surface area (Å²) >= 11 is 1.65. The van der Waals surface area contributed by atoms with E-state index in [1.54, 1.807) is 16.2 Å². The second kappa shape index (κ2) is 7.95. The molecule has 2 unspecified atom stereocenters. The number of hydrogen-bond donors (Lipinski definition) is 0.